The van der Waals surface area contributed by atoms with Gasteiger partial charge in [0.25, 0.3) is 0 Å². The molecule has 0 aromatic carbocycles. The number of pyridine rings is 1. The second kappa shape index (κ2) is 8.34. The van der Waals surface area contributed by atoms with Crippen LogP contribution in [0.3, 0.4) is 0 Å². The molecule has 0 saturated carbocycles. The van der Waals surface area contributed by atoms with Crippen LogP contribution in [0.2, 0.25) is 0 Å². The van der Waals surface area contributed by atoms with Crippen LogP contribution in [0.5, 0.6) is 0 Å². The molecule has 0 unspecified atom stereocenters. The predicted molar refractivity (Wildman–Crippen MR) is 77.4 cm³/mol. The molecule has 0 aliphatic heterocycles. The Morgan fingerprint density at radius 1 is 1.30 bits per heavy atom. The van der Waals surface area contributed by atoms with Gasteiger partial charge in [0.1, 0.15) is 5.82 Å². The fourth-order valence-electron chi connectivity index (χ4n) is 1.76. The van der Waals surface area contributed by atoms with Crippen molar-refractivity contribution in [2.75, 3.05) is 45.4 Å². The van der Waals surface area contributed by atoms with Crippen molar-refractivity contribution in [1.82, 2.24) is 4.98 Å². The van der Waals surface area contributed by atoms with E-state index >= 15 is 0 Å². The summed E-state index contributed by atoms with van der Waals surface area (Å²) >= 11 is 0. The lowest BCUT2D eigenvalue weighted by molar-refractivity contribution is 0.190. The first kappa shape index (κ1) is 16.2. The zero-order valence-electron chi connectivity index (χ0n) is 12.2. The third-order valence-corrected chi connectivity index (χ3v) is 2.80. The smallest absolute Gasteiger partial charge is 0.170 e. The van der Waals surface area contributed by atoms with Crippen LogP contribution in [-0.4, -0.2) is 56.5 Å². The topological polar surface area (TPSA) is 93.2 Å². The molecular formula is C13H22N4O3. The number of rotatable bonds is 8. The Labute approximate surface area is 119 Å². The van der Waals surface area contributed by atoms with Crippen LogP contribution >= 0.6 is 0 Å². The van der Waals surface area contributed by atoms with Crippen molar-refractivity contribution in [1.29, 1.82) is 0 Å². The average molecular weight is 282 g/mol. The van der Waals surface area contributed by atoms with E-state index in [0.717, 1.165) is 11.5 Å². The van der Waals surface area contributed by atoms with Gasteiger partial charge in [-0.3, -0.25) is 0 Å². The molecule has 20 heavy (non-hydrogen) atoms. The Bertz CT molecular complexity index is 443. The third kappa shape index (κ3) is 4.67. The van der Waals surface area contributed by atoms with Crippen molar-refractivity contribution in [2.45, 2.75) is 6.92 Å². The average Bonchev–Trinajstić information content (AvgIpc) is 2.45. The van der Waals surface area contributed by atoms with E-state index in [1.165, 1.54) is 0 Å². The maximum absolute atomic E-state index is 8.78. The summed E-state index contributed by atoms with van der Waals surface area (Å²) in [5.74, 6) is 0.816. The van der Waals surface area contributed by atoms with Gasteiger partial charge in [0.05, 0.1) is 13.2 Å². The van der Waals surface area contributed by atoms with Crippen LogP contribution in [0.4, 0.5) is 5.82 Å². The van der Waals surface area contributed by atoms with Crippen molar-refractivity contribution in [3.63, 3.8) is 0 Å². The number of oxime groups is 1. The molecule has 0 fully saturated rings. The van der Waals surface area contributed by atoms with Gasteiger partial charge in [-0.15, -0.1) is 0 Å². The molecule has 0 radical (unpaired) electrons. The predicted octanol–water partition coefficient (Wildman–Crippen LogP) is 0.584. The summed E-state index contributed by atoms with van der Waals surface area (Å²) in [5, 5.41) is 11.8. The molecule has 1 aromatic rings. The number of aryl methyl sites for hydroxylation is 1. The summed E-state index contributed by atoms with van der Waals surface area (Å²) in [4.78, 5) is 6.52. The highest BCUT2D eigenvalue weighted by molar-refractivity contribution is 5.97. The van der Waals surface area contributed by atoms with Crippen molar-refractivity contribution in [3.8, 4) is 0 Å². The Balaban J connectivity index is 3.01. The van der Waals surface area contributed by atoms with Crippen molar-refractivity contribution < 1.29 is 14.7 Å². The summed E-state index contributed by atoms with van der Waals surface area (Å²) in [6, 6.07) is 3.55. The summed E-state index contributed by atoms with van der Waals surface area (Å²) in [6.45, 7) is 4.40. The van der Waals surface area contributed by atoms with Crippen LogP contribution in [0.1, 0.15) is 11.3 Å². The Morgan fingerprint density at radius 3 is 2.40 bits per heavy atom. The van der Waals surface area contributed by atoms with Gasteiger partial charge in [0.2, 0.25) is 0 Å². The summed E-state index contributed by atoms with van der Waals surface area (Å²) in [5.41, 5.74) is 7.07. The molecule has 0 amide bonds. The Kier molecular flexibility index (Phi) is 6.75. The van der Waals surface area contributed by atoms with Crippen LogP contribution in [-0.2, 0) is 9.47 Å². The minimum atomic E-state index is 0.0650. The van der Waals surface area contributed by atoms with E-state index in [9.17, 15) is 0 Å². The van der Waals surface area contributed by atoms with E-state index in [2.05, 4.69) is 10.1 Å². The largest absolute Gasteiger partial charge is 0.409 e. The molecule has 0 atom stereocenters. The van der Waals surface area contributed by atoms with Crippen LogP contribution in [0, 0.1) is 6.92 Å². The number of hydrogen-bond donors (Lipinski definition) is 2. The third-order valence-electron chi connectivity index (χ3n) is 2.80. The van der Waals surface area contributed by atoms with Crippen molar-refractivity contribution >= 4 is 11.7 Å². The lowest BCUT2D eigenvalue weighted by Crippen LogP contribution is -2.32. The fraction of sp³-hybridized carbons (Fsp3) is 0.538. The first-order valence-corrected chi connectivity index (χ1v) is 6.31. The second-order valence-electron chi connectivity index (χ2n) is 4.31. The first-order valence-electron chi connectivity index (χ1n) is 6.31. The molecule has 7 nitrogen and oxygen atoms in total. The molecule has 3 N–H and O–H groups in total. The molecule has 7 heteroatoms. The number of ether oxygens (including phenoxy) is 2. The van der Waals surface area contributed by atoms with Gasteiger partial charge in [-0.05, 0) is 19.1 Å². The quantitative estimate of drug-likeness (QED) is 0.313. The van der Waals surface area contributed by atoms with E-state index in [4.69, 9.17) is 20.4 Å². The lowest BCUT2D eigenvalue weighted by atomic mass is 10.2. The zero-order chi connectivity index (χ0) is 15.0. The number of nitrogens with zero attached hydrogens (tertiary/aromatic N) is 3. The van der Waals surface area contributed by atoms with E-state index in [1.807, 2.05) is 11.8 Å². The summed E-state index contributed by atoms with van der Waals surface area (Å²) in [7, 11) is 3.31. The molecule has 112 valence electrons. The Morgan fingerprint density at radius 2 is 1.90 bits per heavy atom. The van der Waals surface area contributed by atoms with Gasteiger partial charge in [-0.1, -0.05) is 5.16 Å². The van der Waals surface area contributed by atoms with Gasteiger partial charge >= 0.3 is 0 Å². The summed E-state index contributed by atoms with van der Waals surface area (Å²) in [6.07, 6.45) is 0. The molecule has 1 heterocycles. The number of methoxy groups -OCH3 is 2. The van der Waals surface area contributed by atoms with E-state index in [0.29, 0.717) is 31.9 Å². The minimum absolute atomic E-state index is 0.0650. The molecule has 1 rings (SSSR count). The maximum atomic E-state index is 8.78. The number of hydrogen-bond acceptors (Lipinski definition) is 6. The highest BCUT2D eigenvalue weighted by atomic mass is 16.5. The molecule has 0 aliphatic carbocycles. The molecule has 1 aromatic heterocycles. The van der Waals surface area contributed by atoms with Gasteiger partial charge in [0, 0.05) is 38.6 Å². The van der Waals surface area contributed by atoms with Gasteiger partial charge in [-0.2, -0.15) is 0 Å². The van der Waals surface area contributed by atoms with Crippen molar-refractivity contribution in [3.05, 3.63) is 23.4 Å². The first-order chi connectivity index (χ1) is 9.62. The number of aromatic nitrogens is 1. The monoisotopic (exact) mass is 282 g/mol. The number of nitrogens with two attached hydrogens (primary N) is 1. The normalized spacial score (nSPS) is 11.7. The molecular weight excluding hydrogens is 260 g/mol. The molecule has 0 bridgehead atoms. The van der Waals surface area contributed by atoms with E-state index in [-0.39, 0.29) is 5.84 Å². The fourth-order valence-corrected chi connectivity index (χ4v) is 1.76. The van der Waals surface area contributed by atoms with Crippen LogP contribution in [0.15, 0.2) is 17.3 Å². The number of amidine groups is 1. The van der Waals surface area contributed by atoms with Crippen molar-refractivity contribution in [2.24, 2.45) is 10.9 Å². The second-order valence-corrected chi connectivity index (χ2v) is 4.31. The number of anilines is 1. The summed E-state index contributed by atoms with van der Waals surface area (Å²) < 4.78 is 10.2. The van der Waals surface area contributed by atoms with Gasteiger partial charge in [0.15, 0.2) is 5.84 Å². The zero-order valence-corrected chi connectivity index (χ0v) is 12.2. The van der Waals surface area contributed by atoms with E-state index in [1.54, 1.807) is 26.4 Å². The molecule has 0 saturated heterocycles. The minimum Gasteiger partial charge on any atom is -0.409 e. The van der Waals surface area contributed by atoms with Crippen LogP contribution < -0.4 is 10.6 Å². The molecule has 0 aliphatic rings. The van der Waals surface area contributed by atoms with E-state index < -0.39 is 0 Å². The van der Waals surface area contributed by atoms with Gasteiger partial charge < -0.3 is 25.3 Å². The SMILES string of the molecule is COCCN(CCOC)c1cc(/C(N)=N/O)cc(C)n1. The lowest BCUT2D eigenvalue weighted by Gasteiger charge is -2.24. The van der Waals surface area contributed by atoms with Crippen LogP contribution in [0.25, 0.3) is 0 Å². The highest BCUT2D eigenvalue weighted by Crippen LogP contribution is 2.15. The maximum Gasteiger partial charge on any atom is 0.170 e. The van der Waals surface area contributed by atoms with Gasteiger partial charge in [-0.25, -0.2) is 4.98 Å². The standard InChI is InChI=1S/C13H22N4O3/c1-10-8-11(13(14)16-18)9-12(15-10)17(4-6-19-2)5-7-20-3/h8-9,18H,4-7H2,1-3H3,(H2,14,16). The molecule has 0 spiro atoms. The Hall–Kier alpha value is -1.86. The highest BCUT2D eigenvalue weighted by Gasteiger charge is 2.11.